The zero-order chi connectivity index (χ0) is 15.6. The topological polar surface area (TPSA) is 29.3 Å². The van der Waals surface area contributed by atoms with Crippen molar-refractivity contribution in [3.63, 3.8) is 0 Å². The molecule has 0 saturated carbocycles. The minimum absolute atomic E-state index is 0.0148. The molecule has 1 aromatic carbocycles. The average molecular weight is 357 g/mol. The molecule has 1 aliphatic rings. The lowest BCUT2D eigenvalue weighted by atomic mass is 9.75. The van der Waals surface area contributed by atoms with Crippen LogP contribution in [0.3, 0.4) is 0 Å². The molecule has 2 N–H and O–H groups in total. The van der Waals surface area contributed by atoms with Crippen molar-refractivity contribution in [3.05, 3.63) is 34.1 Å². The summed E-state index contributed by atoms with van der Waals surface area (Å²) in [6.45, 7) is 9.38. The number of hydrogen-bond acceptors (Lipinski definition) is 2. The van der Waals surface area contributed by atoms with Gasteiger partial charge in [-0.1, -0.05) is 42.8 Å². The quantitative estimate of drug-likeness (QED) is 0.872. The van der Waals surface area contributed by atoms with Crippen molar-refractivity contribution < 1.29 is 4.39 Å². The highest BCUT2D eigenvalue weighted by molar-refractivity contribution is 9.10. The van der Waals surface area contributed by atoms with Crippen molar-refractivity contribution in [2.45, 2.75) is 39.7 Å². The van der Waals surface area contributed by atoms with E-state index in [0.29, 0.717) is 12.0 Å². The van der Waals surface area contributed by atoms with Crippen molar-refractivity contribution in [3.8, 4) is 0 Å². The first-order valence-corrected chi connectivity index (χ1v) is 8.51. The first-order chi connectivity index (χ1) is 9.82. The molecular weight excluding hydrogens is 331 g/mol. The van der Waals surface area contributed by atoms with E-state index in [9.17, 15) is 4.39 Å². The lowest BCUT2D eigenvalue weighted by Gasteiger charge is -2.41. The maximum absolute atomic E-state index is 14.2. The van der Waals surface area contributed by atoms with Crippen LogP contribution in [-0.4, -0.2) is 24.5 Å². The van der Waals surface area contributed by atoms with Gasteiger partial charge in [-0.3, -0.25) is 4.90 Å². The van der Waals surface area contributed by atoms with Crippen LogP contribution in [0.5, 0.6) is 0 Å². The van der Waals surface area contributed by atoms with Crippen LogP contribution in [0.25, 0.3) is 0 Å². The number of piperidine rings is 1. The number of nitrogens with zero attached hydrogens (tertiary/aromatic N) is 1. The zero-order valence-electron chi connectivity index (χ0n) is 13.2. The van der Waals surface area contributed by atoms with Gasteiger partial charge in [-0.15, -0.1) is 0 Å². The SMILES string of the molecule is CC(C)(C)C1CCN(C(CN)c2ccc(Br)cc2F)CC1. The summed E-state index contributed by atoms with van der Waals surface area (Å²) in [6, 6.07) is 5.26. The Morgan fingerprint density at radius 2 is 1.95 bits per heavy atom. The van der Waals surface area contributed by atoms with Gasteiger partial charge >= 0.3 is 0 Å². The molecule has 21 heavy (non-hydrogen) atoms. The third-order valence-corrected chi connectivity index (χ3v) is 5.23. The Morgan fingerprint density at radius 3 is 2.43 bits per heavy atom. The summed E-state index contributed by atoms with van der Waals surface area (Å²) >= 11 is 3.31. The molecule has 1 saturated heterocycles. The Labute approximate surface area is 136 Å². The van der Waals surface area contributed by atoms with Crippen LogP contribution in [0.4, 0.5) is 4.39 Å². The van der Waals surface area contributed by atoms with Crippen LogP contribution in [-0.2, 0) is 0 Å². The Kier molecular flexibility index (Phi) is 5.44. The summed E-state index contributed by atoms with van der Waals surface area (Å²) in [5, 5.41) is 0. The van der Waals surface area contributed by atoms with Crippen LogP contribution in [0.15, 0.2) is 22.7 Å². The molecule has 0 aromatic heterocycles. The number of hydrogen-bond donors (Lipinski definition) is 1. The summed E-state index contributed by atoms with van der Waals surface area (Å²) in [5.41, 5.74) is 7.01. The minimum atomic E-state index is -0.169. The third-order valence-electron chi connectivity index (χ3n) is 4.74. The van der Waals surface area contributed by atoms with Crippen molar-refractivity contribution in [1.29, 1.82) is 0 Å². The maximum atomic E-state index is 14.2. The Balaban J connectivity index is 2.09. The van der Waals surface area contributed by atoms with E-state index in [-0.39, 0.29) is 11.9 Å². The highest BCUT2D eigenvalue weighted by Crippen LogP contribution is 2.36. The molecule has 2 nitrogen and oxygen atoms in total. The van der Waals surface area contributed by atoms with Gasteiger partial charge in [-0.05, 0) is 49.4 Å². The lowest BCUT2D eigenvalue weighted by molar-refractivity contribution is 0.0835. The summed E-state index contributed by atoms with van der Waals surface area (Å²) in [6.07, 6.45) is 2.33. The summed E-state index contributed by atoms with van der Waals surface area (Å²) < 4.78 is 15.0. The molecule has 1 fully saturated rings. The second-order valence-corrected chi connectivity index (χ2v) is 8.01. The number of benzene rings is 1. The molecule has 1 aliphatic heterocycles. The summed E-state index contributed by atoms with van der Waals surface area (Å²) in [4.78, 5) is 2.34. The first kappa shape index (κ1) is 16.9. The molecule has 0 radical (unpaired) electrons. The number of nitrogens with two attached hydrogens (primary N) is 1. The van der Waals surface area contributed by atoms with Gasteiger partial charge < -0.3 is 5.73 Å². The van der Waals surface area contributed by atoms with E-state index >= 15 is 0 Å². The fourth-order valence-electron chi connectivity index (χ4n) is 3.32. The molecule has 4 heteroatoms. The van der Waals surface area contributed by atoms with Gasteiger partial charge in [0.05, 0.1) is 0 Å². The molecule has 0 bridgehead atoms. The first-order valence-electron chi connectivity index (χ1n) is 7.72. The van der Waals surface area contributed by atoms with Crippen LogP contribution in [0.1, 0.15) is 45.2 Å². The van der Waals surface area contributed by atoms with Gasteiger partial charge in [0.1, 0.15) is 5.82 Å². The fraction of sp³-hybridized carbons (Fsp3) is 0.647. The second kappa shape index (κ2) is 6.76. The van der Waals surface area contributed by atoms with E-state index in [1.807, 2.05) is 12.1 Å². The van der Waals surface area contributed by atoms with Crippen LogP contribution >= 0.6 is 15.9 Å². The smallest absolute Gasteiger partial charge is 0.129 e. The van der Waals surface area contributed by atoms with Gasteiger partial charge in [-0.25, -0.2) is 4.39 Å². The van der Waals surface area contributed by atoms with Crippen molar-refractivity contribution in [1.82, 2.24) is 4.90 Å². The Hall–Kier alpha value is -0.450. The summed E-state index contributed by atoms with van der Waals surface area (Å²) in [5.74, 6) is 0.569. The van der Waals surface area contributed by atoms with Gasteiger partial charge in [0, 0.05) is 22.6 Å². The van der Waals surface area contributed by atoms with Gasteiger partial charge in [-0.2, -0.15) is 0 Å². The van der Waals surface area contributed by atoms with E-state index in [1.54, 1.807) is 0 Å². The molecule has 0 amide bonds. The van der Waals surface area contributed by atoms with Crippen LogP contribution in [0, 0.1) is 17.2 Å². The largest absolute Gasteiger partial charge is 0.329 e. The van der Waals surface area contributed by atoms with Crippen molar-refractivity contribution in [2.24, 2.45) is 17.1 Å². The highest BCUT2D eigenvalue weighted by atomic mass is 79.9. The molecule has 1 atom stereocenters. The molecule has 1 heterocycles. The van der Waals surface area contributed by atoms with E-state index in [4.69, 9.17) is 5.73 Å². The zero-order valence-corrected chi connectivity index (χ0v) is 14.8. The highest BCUT2D eigenvalue weighted by Gasteiger charge is 2.32. The molecule has 118 valence electrons. The normalized spacial score (nSPS) is 19.7. The van der Waals surface area contributed by atoms with Gasteiger partial charge in [0.2, 0.25) is 0 Å². The Morgan fingerprint density at radius 1 is 1.33 bits per heavy atom. The predicted molar refractivity (Wildman–Crippen MR) is 89.6 cm³/mol. The molecule has 0 spiro atoms. The maximum Gasteiger partial charge on any atom is 0.129 e. The monoisotopic (exact) mass is 356 g/mol. The van der Waals surface area contributed by atoms with E-state index in [2.05, 4.69) is 41.6 Å². The fourth-order valence-corrected chi connectivity index (χ4v) is 3.65. The Bertz CT molecular complexity index is 476. The average Bonchev–Trinajstić information content (AvgIpc) is 2.41. The van der Waals surface area contributed by atoms with E-state index in [0.717, 1.165) is 41.9 Å². The number of likely N-dealkylation sites (tertiary alicyclic amines) is 1. The van der Waals surface area contributed by atoms with Crippen molar-refractivity contribution >= 4 is 15.9 Å². The third kappa shape index (κ3) is 4.05. The molecule has 1 aromatic rings. The van der Waals surface area contributed by atoms with E-state index in [1.165, 1.54) is 6.07 Å². The second-order valence-electron chi connectivity index (χ2n) is 7.09. The molecule has 2 rings (SSSR count). The van der Waals surface area contributed by atoms with E-state index < -0.39 is 0 Å². The lowest BCUT2D eigenvalue weighted by Crippen LogP contribution is -2.42. The number of halogens is 2. The predicted octanol–water partition coefficient (Wildman–Crippen LogP) is 4.35. The molecule has 1 unspecified atom stereocenters. The van der Waals surface area contributed by atoms with Crippen molar-refractivity contribution in [2.75, 3.05) is 19.6 Å². The minimum Gasteiger partial charge on any atom is -0.329 e. The number of rotatable bonds is 3. The molecule has 0 aliphatic carbocycles. The standard InChI is InChI=1S/C17H26BrFN2/c1-17(2,3)12-6-8-21(9-7-12)16(11-20)14-5-4-13(18)10-15(14)19/h4-5,10,12,16H,6-9,11,20H2,1-3H3. The van der Waals surface area contributed by atoms with Gasteiger partial charge in [0.25, 0.3) is 0 Å². The van der Waals surface area contributed by atoms with Crippen LogP contribution < -0.4 is 5.73 Å². The molecular formula is C17H26BrFN2. The van der Waals surface area contributed by atoms with Gasteiger partial charge in [0.15, 0.2) is 0 Å². The van der Waals surface area contributed by atoms with Crippen LogP contribution in [0.2, 0.25) is 0 Å². The summed E-state index contributed by atoms with van der Waals surface area (Å²) in [7, 11) is 0.